The van der Waals surface area contributed by atoms with Gasteiger partial charge in [0.2, 0.25) is 0 Å². The van der Waals surface area contributed by atoms with Crippen LogP contribution in [0.3, 0.4) is 0 Å². The molecule has 4 bridgehead atoms. The first-order chi connectivity index (χ1) is 10.1. The molecular weight excluding hydrogens is 260 g/mol. The normalized spacial score (nSPS) is 43.0. The maximum absolute atomic E-state index is 11.6. The van der Waals surface area contributed by atoms with E-state index in [1.54, 1.807) is 0 Å². The van der Waals surface area contributed by atoms with Gasteiger partial charge < -0.3 is 4.74 Å². The van der Waals surface area contributed by atoms with E-state index in [-0.39, 0.29) is 5.97 Å². The molecule has 5 aliphatic carbocycles. The summed E-state index contributed by atoms with van der Waals surface area (Å²) in [4.78, 5) is 11.6. The fourth-order valence-corrected chi connectivity index (χ4v) is 6.91. The molecule has 0 amide bonds. The van der Waals surface area contributed by atoms with Gasteiger partial charge in [-0.05, 0) is 74.5 Å². The average Bonchev–Trinajstić information content (AvgIpc) is 2.94. The van der Waals surface area contributed by atoms with Crippen molar-refractivity contribution in [1.29, 1.82) is 0 Å². The van der Waals surface area contributed by atoms with Gasteiger partial charge in [-0.3, -0.25) is 0 Å². The Morgan fingerprint density at radius 1 is 1.05 bits per heavy atom. The van der Waals surface area contributed by atoms with Crippen LogP contribution in [-0.4, -0.2) is 12.6 Å². The van der Waals surface area contributed by atoms with Crippen LogP contribution in [0.5, 0.6) is 0 Å². The van der Waals surface area contributed by atoms with E-state index in [1.165, 1.54) is 70.3 Å². The summed E-state index contributed by atoms with van der Waals surface area (Å²) in [5.41, 5.74) is 0.793. The number of carbonyl (C=O) groups is 1. The smallest absolute Gasteiger partial charge is 0.330 e. The highest BCUT2D eigenvalue weighted by atomic mass is 16.5. The summed E-state index contributed by atoms with van der Waals surface area (Å²) in [5.74, 6) is 2.70. The van der Waals surface area contributed by atoms with Crippen LogP contribution >= 0.6 is 0 Å². The zero-order valence-electron chi connectivity index (χ0n) is 13.1. The summed E-state index contributed by atoms with van der Waals surface area (Å²) in [7, 11) is 0. The van der Waals surface area contributed by atoms with Crippen molar-refractivity contribution >= 4 is 5.97 Å². The Hall–Kier alpha value is -0.790. The predicted molar refractivity (Wildman–Crippen MR) is 82.7 cm³/mol. The molecule has 0 aromatic heterocycles. The topological polar surface area (TPSA) is 26.3 Å². The highest BCUT2D eigenvalue weighted by Crippen LogP contribution is 2.69. The molecule has 5 rings (SSSR count). The largest absolute Gasteiger partial charge is 0.462 e. The second-order valence-corrected chi connectivity index (χ2v) is 8.50. The molecule has 0 atom stereocenters. The van der Waals surface area contributed by atoms with Crippen LogP contribution in [0, 0.1) is 28.6 Å². The Kier molecular flexibility index (Phi) is 3.20. The van der Waals surface area contributed by atoms with Gasteiger partial charge in [0, 0.05) is 11.5 Å². The Labute approximate surface area is 128 Å². The molecule has 0 aromatic rings. The van der Waals surface area contributed by atoms with Crippen molar-refractivity contribution in [3.8, 4) is 0 Å². The summed E-state index contributed by atoms with van der Waals surface area (Å²) in [6.45, 7) is 4.20. The third kappa shape index (κ3) is 2.09. The fourth-order valence-electron chi connectivity index (χ4n) is 6.91. The zero-order chi connectivity index (χ0) is 14.5. The van der Waals surface area contributed by atoms with Gasteiger partial charge in [-0.15, -0.1) is 0 Å². The van der Waals surface area contributed by atoms with Crippen LogP contribution in [0.4, 0.5) is 0 Å². The first-order valence-electron chi connectivity index (χ1n) is 8.94. The minimum Gasteiger partial charge on any atom is -0.462 e. The Morgan fingerprint density at radius 3 is 2.05 bits per heavy atom. The van der Waals surface area contributed by atoms with Crippen molar-refractivity contribution in [2.24, 2.45) is 28.6 Å². The maximum atomic E-state index is 11.6. The highest BCUT2D eigenvalue weighted by molar-refractivity contribution is 5.81. The Morgan fingerprint density at radius 2 is 1.57 bits per heavy atom. The summed E-state index contributed by atoms with van der Waals surface area (Å²) < 4.78 is 5.61. The summed E-state index contributed by atoms with van der Waals surface area (Å²) in [5, 5.41) is 0. The molecule has 0 aromatic carbocycles. The molecule has 5 fully saturated rings. The minimum atomic E-state index is -0.231. The molecule has 5 saturated carbocycles. The van der Waals surface area contributed by atoms with Crippen molar-refractivity contribution < 1.29 is 9.53 Å². The van der Waals surface area contributed by atoms with Crippen molar-refractivity contribution in [2.45, 2.75) is 64.2 Å². The summed E-state index contributed by atoms with van der Waals surface area (Å²) in [6, 6.07) is 0. The van der Waals surface area contributed by atoms with E-state index in [0.717, 1.165) is 17.8 Å². The highest BCUT2D eigenvalue weighted by Gasteiger charge is 2.61. The summed E-state index contributed by atoms with van der Waals surface area (Å²) in [6.07, 6.45) is 15.3. The molecular formula is C19H28O2. The first-order valence-corrected chi connectivity index (χ1v) is 8.94. The van der Waals surface area contributed by atoms with Crippen LogP contribution in [0.1, 0.15) is 64.2 Å². The average molecular weight is 288 g/mol. The maximum Gasteiger partial charge on any atom is 0.330 e. The molecule has 116 valence electrons. The van der Waals surface area contributed by atoms with Crippen LogP contribution in [0.15, 0.2) is 12.7 Å². The monoisotopic (exact) mass is 288 g/mol. The quantitative estimate of drug-likeness (QED) is 0.562. The fraction of sp³-hybridized carbons (Fsp3) is 0.842. The molecule has 5 aliphatic rings. The lowest BCUT2D eigenvalue weighted by Crippen LogP contribution is -2.55. The molecule has 0 saturated heterocycles. The van der Waals surface area contributed by atoms with E-state index in [4.69, 9.17) is 4.74 Å². The zero-order valence-corrected chi connectivity index (χ0v) is 13.1. The van der Waals surface area contributed by atoms with Crippen LogP contribution in [0.2, 0.25) is 0 Å². The van der Waals surface area contributed by atoms with Gasteiger partial charge in [0.05, 0.1) is 6.61 Å². The van der Waals surface area contributed by atoms with Gasteiger partial charge in [0.25, 0.3) is 0 Å². The number of esters is 1. The number of rotatable bonds is 4. The summed E-state index contributed by atoms with van der Waals surface area (Å²) >= 11 is 0. The second-order valence-electron chi connectivity index (χ2n) is 8.50. The second kappa shape index (κ2) is 4.86. The van der Waals surface area contributed by atoms with E-state index in [1.807, 2.05) is 0 Å². The van der Waals surface area contributed by atoms with Gasteiger partial charge in [-0.2, -0.15) is 0 Å². The Balaban J connectivity index is 1.61. The standard InChI is InChI=1S/C19H28O2/c1-2-17(20)21-13-18(5-3-4-6-18)19-10-14-7-15(11-19)9-16(8-14)12-19/h2,14-16H,1,3-13H2. The van der Waals surface area contributed by atoms with Gasteiger partial charge >= 0.3 is 5.97 Å². The third-order valence-corrected chi connectivity index (χ3v) is 7.38. The van der Waals surface area contributed by atoms with Gasteiger partial charge in [0.1, 0.15) is 0 Å². The van der Waals surface area contributed by atoms with Crippen molar-refractivity contribution in [1.82, 2.24) is 0 Å². The van der Waals surface area contributed by atoms with Gasteiger partial charge in [-0.25, -0.2) is 4.79 Å². The van der Waals surface area contributed by atoms with Crippen molar-refractivity contribution in [3.05, 3.63) is 12.7 Å². The SMILES string of the molecule is C=CC(=O)OCC1(C23CC4CC(CC(C4)C2)C3)CCCC1. The minimum absolute atomic E-state index is 0.231. The third-order valence-electron chi connectivity index (χ3n) is 7.38. The van der Waals surface area contributed by atoms with Crippen LogP contribution < -0.4 is 0 Å². The molecule has 0 radical (unpaired) electrons. The molecule has 2 heteroatoms. The lowest BCUT2D eigenvalue weighted by atomic mass is 9.42. The van der Waals surface area contributed by atoms with E-state index in [9.17, 15) is 4.79 Å². The van der Waals surface area contributed by atoms with Gasteiger partial charge in [0.15, 0.2) is 0 Å². The van der Waals surface area contributed by atoms with E-state index < -0.39 is 0 Å². The first kappa shape index (κ1) is 13.8. The van der Waals surface area contributed by atoms with E-state index in [0.29, 0.717) is 17.4 Å². The van der Waals surface area contributed by atoms with Gasteiger partial charge in [-0.1, -0.05) is 19.4 Å². The lowest BCUT2D eigenvalue weighted by Gasteiger charge is -2.63. The molecule has 21 heavy (non-hydrogen) atoms. The number of ether oxygens (including phenoxy) is 1. The molecule has 0 heterocycles. The lowest BCUT2D eigenvalue weighted by molar-refractivity contribution is -0.165. The van der Waals surface area contributed by atoms with E-state index >= 15 is 0 Å². The Bertz CT molecular complexity index is 409. The number of hydrogen-bond donors (Lipinski definition) is 0. The molecule has 0 N–H and O–H groups in total. The predicted octanol–water partition coefficient (Wildman–Crippen LogP) is 4.49. The molecule has 0 unspecified atom stereocenters. The molecule has 0 spiro atoms. The van der Waals surface area contributed by atoms with Crippen molar-refractivity contribution in [2.75, 3.05) is 6.61 Å². The van der Waals surface area contributed by atoms with Crippen LogP contribution in [0.25, 0.3) is 0 Å². The molecule has 0 aliphatic heterocycles. The van der Waals surface area contributed by atoms with Crippen molar-refractivity contribution in [3.63, 3.8) is 0 Å². The van der Waals surface area contributed by atoms with E-state index in [2.05, 4.69) is 6.58 Å². The van der Waals surface area contributed by atoms with Crippen LogP contribution in [-0.2, 0) is 9.53 Å². The number of hydrogen-bond acceptors (Lipinski definition) is 2. The number of carbonyl (C=O) groups excluding carboxylic acids is 1. The molecule has 2 nitrogen and oxygen atoms in total.